The third kappa shape index (κ3) is 3.37. The second kappa shape index (κ2) is 5.79. The van der Waals surface area contributed by atoms with Crippen molar-refractivity contribution in [3.05, 3.63) is 29.1 Å². The van der Waals surface area contributed by atoms with Crippen molar-refractivity contribution in [1.82, 2.24) is 4.72 Å². The molecule has 0 amide bonds. The lowest BCUT2D eigenvalue weighted by Crippen LogP contribution is -2.30. The van der Waals surface area contributed by atoms with Crippen LogP contribution in [0.3, 0.4) is 0 Å². The van der Waals surface area contributed by atoms with Crippen molar-refractivity contribution in [2.45, 2.75) is 38.2 Å². The fourth-order valence-corrected chi connectivity index (χ4v) is 3.67. The van der Waals surface area contributed by atoms with Crippen LogP contribution in [0.2, 0.25) is 0 Å². The summed E-state index contributed by atoms with van der Waals surface area (Å²) in [5, 5.41) is 9.06. The highest BCUT2D eigenvalue weighted by atomic mass is 32.2. The molecule has 1 aliphatic carbocycles. The van der Waals surface area contributed by atoms with E-state index in [1.54, 1.807) is 0 Å². The first kappa shape index (κ1) is 15.4. The number of benzene rings is 1. The zero-order chi connectivity index (χ0) is 14.9. The van der Waals surface area contributed by atoms with E-state index in [1.807, 2.05) is 6.92 Å². The number of sulfonamides is 1. The van der Waals surface area contributed by atoms with Gasteiger partial charge in [-0.2, -0.15) is 0 Å². The molecule has 4 nitrogen and oxygen atoms in total. The summed E-state index contributed by atoms with van der Waals surface area (Å²) >= 11 is 0. The van der Waals surface area contributed by atoms with E-state index < -0.39 is 22.4 Å². The Labute approximate surface area is 119 Å². The Kier molecular flexibility index (Phi) is 4.46. The van der Waals surface area contributed by atoms with Gasteiger partial charge in [-0.15, -0.1) is 0 Å². The predicted octanol–water partition coefficient (Wildman–Crippen LogP) is 1.95. The SMILES string of the molecule is Cc1c(F)cc(CO)cc1S(=O)(=O)NCC(C)C1CC1. The van der Waals surface area contributed by atoms with Gasteiger partial charge in [0.25, 0.3) is 0 Å². The molecule has 0 heterocycles. The number of aliphatic hydroxyl groups is 1. The molecule has 1 aromatic rings. The first-order valence-corrected chi connectivity index (χ1v) is 8.23. The molecular formula is C14H20FNO3S. The summed E-state index contributed by atoms with van der Waals surface area (Å²) in [6, 6.07) is 2.48. The molecule has 0 radical (unpaired) electrons. The molecule has 6 heteroatoms. The second-order valence-corrected chi connectivity index (χ2v) is 7.26. The molecule has 1 saturated carbocycles. The summed E-state index contributed by atoms with van der Waals surface area (Å²) in [5.41, 5.74) is 0.331. The van der Waals surface area contributed by atoms with E-state index in [2.05, 4.69) is 4.72 Å². The molecule has 2 rings (SSSR count). The van der Waals surface area contributed by atoms with Gasteiger partial charge in [0.2, 0.25) is 10.0 Å². The minimum absolute atomic E-state index is 0.0776. The number of aliphatic hydroxyl groups excluding tert-OH is 1. The number of nitrogens with one attached hydrogen (secondary N) is 1. The maximum atomic E-state index is 13.7. The summed E-state index contributed by atoms with van der Waals surface area (Å²) in [4.78, 5) is -0.0930. The van der Waals surface area contributed by atoms with Gasteiger partial charge in [-0.3, -0.25) is 0 Å². The third-order valence-electron chi connectivity index (χ3n) is 3.85. The minimum atomic E-state index is -3.75. The fraction of sp³-hybridized carbons (Fsp3) is 0.571. The maximum Gasteiger partial charge on any atom is 0.240 e. The van der Waals surface area contributed by atoms with Gasteiger partial charge in [0.05, 0.1) is 11.5 Å². The lowest BCUT2D eigenvalue weighted by atomic mass is 10.1. The van der Waals surface area contributed by atoms with Gasteiger partial charge in [-0.05, 0) is 49.3 Å². The van der Waals surface area contributed by atoms with Crippen LogP contribution < -0.4 is 4.72 Å². The maximum absolute atomic E-state index is 13.7. The molecule has 20 heavy (non-hydrogen) atoms. The van der Waals surface area contributed by atoms with Gasteiger partial charge >= 0.3 is 0 Å². The van der Waals surface area contributed by atoms with E-state index in [4.69, 9.17) is 5.11 Å². The van der Waals surface area contributed by atoms with E-state index in [-0.39, 0.29) is 21.9 Å². The molecule has 112 valence electrons. The summed E-state index contributed by atoms with van der Waals surface area (Å²) in [6.45, 7) is 3.41. The van der Waals surface area contributed by atoms with Gasteiger partial charge in [0, 0.05) is 12.1 Å². The standard InChI is InChI=1S/C14H20FNO3S/c1-9(12-3-4-12)7-16-20(18,19)14-6-11(8-17)5-13(15)10(14)2/h5-6,9,12,16-17H,3-4,7-8H2,1-2H3. The molecule has 0 saturated heterocycles. The number of halogens is 1. The predicted molar refractivity (Wildman–Crippen MR) is 74.1 cm³/mol. The Hall–Kier alpha value is -0.980. The van der Waals surface area contributed by atoms with E-state index >= 15 is 0 Å². The Morgan fingerprint density at radius 2 is 2.10 bits per heavy atom. The zero-order valence-corrected chi connectivity index (χ0v) is 12.5. The molecule has 0 spiro atoms. The van der Waals surface area contributed by atoms with Crippen molar-refractivity contribution in [1.29, 1.82) is 0 Å². The van der Waals surface area contributed by atoms with Crippen LogP contribution >= 0.6 is 0 Å². The van der Waals surface area contributed by atoms with Gasteiger partial charge in [0.15, 0.2) is 0 Å². The summed E-state index contributed by atoms with van der Waals surface area (Å²) in [6.07, 6.45) is 2.30. The monoisotopic (exact) mass is 301 g/mol. The second-order valence-electron chi connectivity index (χ2n) is 5.53. The molecule has 1 aromatic carbocycles. The van der Waals surface area contributed by atoms with Crippen molar-refractivity contribution in [3.63, 3.8) is 0 Å². The Bertz CT molecular complexity index is 597. The van der Waals surface area contributed by atoms with Gasteiger partial charge in [0.1, 0.15) is 5.82 Å². The lowest BCUT2D eigenvalue weighted by Gasteiger charge is -2.14. The average Bonchev–Trinajstić information content (AvgIpc) is 3.23. The molecule has 1 fully saturated rings. The van der Waals surface area contributed by atoms with Gasteiger partial charge < -0.3 is 5.11 Å². The molecule has 1 atom stereocenters. The van der Waals surface area contributed by atoms with Crippen LogP contribution in [0, 0.1) is 24.6 Å². The number of rotatable bonds is 6. The Morgan fingerprint density at radius 3 is 2.65 bits per heavy atom. The smallest absolute Gasteiger partial charge is 0.240 e. The molecular weight excluding hydrogens is 281 g/mol. The topological polar surface area (TPSA) is 66.4 Å². The van der Waals surface area contributed by atoms with Crippen molar-refractivity contribution in [2.24, 2.45) is 11.8 Å². The van der Waals surface area contributed by atoms with Crippen LogP contribution in [0.4, 0.5) is 4.39 Å². The first-order valence-electron chi connectivity index (χ1n) is 6.74. The summed E-state index contributed by atoms with van der Waals surface area (Å²) in [5.74, 6) is 0.266. The highest BCUT2D eigenvalue weighted by molar-refractivity contribution is 7.89. The van der Waals surface area contributed by atoms with Crippen LogP contribution in [0.15, 0.2) is 17.0 Å². The third-order valence-corrected chi connectivity index (χ3v) is 5.40. The molecule has 0 aliphatic heterocycles. The van der Waals surface area contributed by atoms with Crippen LogP contribution in [-0.2, 0) is 16.6 Å². The van der Waals surface area contributed by atoms with E-state index in [0.29, 0.717) is 12.5 Å². The van der Waals surface area contributed by atoms with Crippen molar-refractivity contribution in [3.8, 4) is 0 Å². The van der Waals surface area contributed by atoms with Crippen molar-refractivity contribution < 1.29 is 17.9 Å². The quantitative estimate of drug-likeness (QED) is 0.844. The van der Waals surface area contributed by atoms with E-state index in [9.17, 15) is 12.8 Å². The van der Waals surface area contributed by atoms with E-state index in [1.165, 1.54) is 13.0 Å². The number of hydrogen-bond donors (Lipinski definition) is 2. The van der Waals surface area contributed by atoms with E-state index in [0.717, 1.165) is 18.9 Å². The van der Waals surface area contributed by atoms with Crippen LogP contribution in [-0.4, -0.2) is 20.1 Å². The fourth-order valence-electron chi connectivity index (χ4n) is 2.23. The van der Waals surface area contributed by atoms with Crippen molar-refractivity contribution in [2.75, 3.05) is 6.54 Å². The lowest BCUT2D eigenvalue weighted by molar-refractivity contribution is 0.281. The summed E-state index contributed by atoms with van der Waals surface area (Å²) in [7, 11) is -3.75. The minimum Gasteiger partial charge on any atom is -0.392 e. The Morgan fingerprint density at radius 1 is 1.45 bits per heavy atom. The number of hydrogen-bond acceptors (Lipinski definition) is 3. The highest BCUT2D eigenvalue weighted by Crippen LogP contribution is 2.36. The van der Waals surface area contributed by atoms with Crippen molar-refractivity contribution >= 4 is 10.0 Å². The largest absolute Gasteiger partial charge is 0.392 e. The average molecular weight is 301 g/mol. The molecule has 0 aromatic heterocycles. The molecule has 1 aliphatic rings. The zero-order valence-electron chi connectivity index (χ0n) is 11.7. The van der Waals surface area contributed by atoms with Crippen LogP contribution in [0.1, 0.15) is 30.9 Å². The van der Waals surface area contributed by atoms with Crippen LogP contribution in [0.5, 0.6) is 0 Å². The van der Waals surface area contributed by atoms with Gasteiger partial charge in [-0.1, -0.05) is 6.92 Å². The van der Waals surface area contributed by atoms with Gasteiger partial charge in [-0.25, -0.2) is 17.5 Å². The first-order chi connectivity index (χ1) is 9.35. The molecule has 2 N–H and O–H groups in total. The normalized spacial score (nSPS) is 17.2. The molecule has 1 unspecified atom stereocenters. The summed E-state index contributed by atoms with van der Waals surface area (Å²) < 4.78 is 40.8. The highest BCUT2D eigenvalue weighted by Gasteiger charge is 2.29. The van der Waals surface area contributed by atoms with Crippen LogP contribution in [0.25, 0.3) is 0 Å². The Balaban J connectivity index is 2.21. The molecule has 0 bridgehead atoms.